The molecule has 0 atom stereocenters. The minimum Gasteiger partial charge on any atom is -0.376 e. The van der Waals surface area contributed by atoms with Gasteiger partial charge in [-0.3, -0.25) is 4.79 Å². The molecule has 1 aliphatic rings. The first-order chi connectivity index (χ1) is 8.66. The van der Waals surface area contributed by atoms with Crippen LogP contribution in [0, 0.1) is 0 Å². The second-order valence-electron chi connectivity index (χ2n) is 4.52. The summed E-state index contributed by atoms with van der Waals surface area (Å²) in [4.78, 5) is 22.9. The molecule has 0 bridgehead atoms. The molecule has 0 radical (unpaired) electrons. The van der Waals surface area contributed by atoms with E-state index < -0.39 is 0 Å². The Labute approximate surface area is 105 Å². The van der Waals surface area contributed by atoms with Gasteiger partial charge < -0.3 is 4.90 Å². The number of Topliss-reactive ketones (excluding diaryl/α,β-unsaturated/α-hetero) is 1. The van der Waals surface area contributed by atoms with Gasteiger partial charge in [-0.2, -0.15) is 0 Å². The summed E-state index contributed by atoms with van der Waals surface area (Å²) in [5.41, 5.74) is 3.72. The number of benzene rings is 1. The molecule has 4 nitrogen and oxygen atoms in total. The summed E-state index contributed by atoms with van der Waals surface area (Å²) in [5, 5.41) is 0. The number of fused-ring (bicyclic) bond motifs is 2. The second kappa shape index (κ2) is 3.91. The third-order valence-corrected chi connectivity index (χ3v) is 3.04. The van der Waals surface area contributed by atoms with E-state index in [1.807, 2.05) is 49.3 Å². The lowest BCUT2D eigenvalue weighted by atomic mass is 10.0. The minimum atomic E-state index is 0.0360. The Kier molecular flexibility index (Phi) is 2.37. The van der Waals surface area contributed by atoms with Crippen LogP contribution < -0.4 is 0 Å². The average Bonchev–Trinajstić information content (AvgIpc) is 2.37. The molecule has 18 heavy (non-hydrogen) atoms. The van der Waals surface area contributed by atoms with Crippen LogP contribution in [-0.4, -0.2) is 34.7 Å². The van der Waals surface area contributed by atoms with E-state index in [1.165, 1.54) is 0 Å². The van der Waals surface area contributed by atoms with Crippen molar-refractivity contribution in [1.82, 2.24) is 14.9 Å². The Balaban J connectivity index is 2.31. The van der Waals surface area contributed by atoms with E-state index in [0.717, 1.165) is 16.7 Å². The van der Waals surface area contributed by atoms with Gasteiger partial charge in [0, 0.05) is 20.5 Å². The quantitative estimate of drug-likeness (QED) is 0.764. The Morgan fingerprint density at radius 1 is 1.06 bits per heavy atom. The Bertz CT molecular complexity index is 674. The molecule has 0 saturated carbocycles. The van der Waals surface area contributed by atoms with Gasteiger partial charge >= 0.3 is 0 Å². The average molecular weight is 239 g/mol. The second-order valence-corrected chi connectivity index (χ2v) is 4.52. The van der Waals surface area contributed by atoms with Gasteiger partial charge in [0.1, 0.15) is 11.4 Å². The topological polar surface area (TPSA) is 46.1 Å². The van der Waals surface area contributed by atoms with Crippen LogP contribution in [0.1, 0.15) is 22.6 Å². The van der Waals surface area contributed by atoms with Crippen LogP contribution >= 0.6 is 0 Å². The van der Waals surface area contributed by atoms with Crippen LogP contribution in [-0.2, 0) is 0 Å². The molecule has 1 aliphatic carbocycles. The normalized spacial score (nSPS) is 14.3. The molecular formula is C14H13N3O. The highest BCUT2D eigenvalue weighted by Crippen LogP contribution is 2.26. The third-order valence-electron chi connectivity index (χ3n) is 3.04. The van der Waals surface area contributed by atoms with Crippen molar-refractivity contribution < 1.29 is 4.79 Å². The number of carbonyl (C=O) groups is 1. The maximum atomic E-state index is 11.9. The van der Waals surface area contributed by atoms with Gasteiger partial charge in [0.05, 0.1) is 16.7 Å². The van der Waals surface area contributed by atoms with Crippen molar-refractivity contribution in [1.29, 1.82) is 0 Å². The lowest BCUT2D eigenvalue weighted by Crippen LogP contribution is -2.20. The summed E-state index contributed by atoms with van der Waals surface area (Å²) in [5.74, 6) is 0.0360. The molecule has 0 aliphatic heterocycles. The molecule has 1 aromatic carbocycles. The zero-order chi connectivity index (χ0) is 12.7. The number of hydrogen-bond donors (Lipinski definition) is 0. The summed E-state index contributed by atoms with van der Waals surface area (Å²) in [6, 6.07) is 7.62. The fourth-order valence-corrected chi connectivity index (χ4v) is 2.15. The largest absolute Gasteiger partial charge is 0.376 e. The third kappa shape index (κ3) is 1.57. The van der Waals surface area contributed by atoms with Gasteiger partial charge in [0.15, 0.2) is 5.78 Å². The minimum absolute atomic E-state index is 0.0360. The number of hydrogen-bond acceptors (Lipinski definition) is 4. The van der Waals surface area contributed by atoms with Crippen molar-refractivity contribution in [3.8, 4) is 0 Å². The van der Waals surface area contributed by atoms with E-state index in [1.54, 1.807) is 0 Å². The Morgan fingerprint density at radius 3 is 2.28 bits per heavy atom. The number of allylic oxidation sites excluding steroid dienone is 1. The lowest BCUT2D eigenvalue weighted by Gasteiger charge is -2.21. The number of rotatable bonds is 1. The van der Waals surface area contributed by atoms with Crippen LogP contribution in [0.3, 0.4) is 0 Å². The van der Waals surface area contributed by atoms with Gasteiger partial charge in [-0.15, -0.1) is 0 Å². The van der Waals surface area contributed by atoms with Crippen molar-refractivity contribution in [3.05, 3.63) is 41.7 Å². The Morgan fingerprint density at radius 2 is 1.67 bits per heavy atom. The van der Waals surface area contributed by atoms with Gasteiger partial charge in [-0.05, 0) is 12.1 Å². The SMILES string of the molecule is CN(C)C1=CCC(=O)c2nc3ccccc3nc21. The highest BCUT2D eigenvalue weighted by atomic mass is 16.1. The van der Waals surface area contributed by atoms with Gasteiger partial charge in [-0.25, -0.2) is 9.97 Å². The molecule has 2 aromatic rings. The van der Waals surface area contributed by atoms with Crippen LogP contribution in [0.25, 0.3) is 16.7 Å². The fourth-order valence-electron chi connectivity index (χ4n) is 2.15. The van der Waals surface area contributed by atoms with E-state index in [9.17, 15) is 4.79 Å². The summed E-state index contributed by atoms with van der Waals surface area (Å²) in [7, 11) is 3.89. The van der Waals surface area contributed by atoms with Gasteiger partial charge in [-0.1, -0.05) is 18.2 Å². The monoisotopic (exact) mass is 239 g/mol. The number of aromatic nitrogens is 2. The number of para-hydroxylation sites is 2. The number of carbonyl (C=O) groups excluding carboxylic acids is 1. The summed E-state index contributed by atoms with van der Waals surface area (Å²) >= 11 is 0. The maximum Gasteiger partial charge on any atom is 0.187 e. The van der Waals surface area contributed by atoms with Crippen LogP contribution in [0.2, 0.25) is 0 Å². The maximum absolute atomic E-state index is 11.9. The van der Waals surface area contributed by atoms with E-state index >= 15 is 0 Å². The highest BCUT2D eigenvalue weighted by molar-refractivity contribution is 6.03. The van der Waals surface area contributed by atoms with E-state index in [2.05, 4.69) is 9.97 Å². The molecule has 4 heteroatoms. The van der Waals surface area contributed by atoms with Crippen LogP contribution in [0.4, 0.5) is 0 Å². The summed E-state index contributed by atoms with van der Waals surface area (Å²) in [6.07, 6.45) is 2.31. The first kappa shape index (κ1) is 10.9. The molecule has 0 spiro atoms. The molecular weight excluding hydrogens is 226 g/mol. The van der Waals surface area contributed by atoms with Gasteiger partial charge in [0.25, 0.3) is 0 Å². The van der Waals surface area contributed by atoms with Crippen LogP contribution in [0.15, 0.2) is 30.3 Å². The first-order valence-electron chi connectivity index (χ1n) is 5.84. The number of ketones is 1. The van der Waals surface area contributed by atoms with Crippen molar-refractivity contribution in [3.63, 3.8) is 0 Å². The predicted molar refractivity (Wildman–Crippen MR) is 70.1 cm³/mol. The number of nitrogens with zero attached hydrogens (tertiary/aromatic N) is 3. The molecule has 3 rings (SSSR count). The molecule has 1 aromatic heterocycles. The molecule has 0 unspecified atom stereocenters. The Hall–Kier alpha value is -2.23. The van der Waals surface area contributed by atoms with Crippen molar-refractivity contribution in [2.24, 2.45) is 0 Å². The lowest BCUT2D eigenvalue weighted by molar-refractivity contribution is 0.0988. The van der Waals surface area contributed by atoms with E-state index in [-0.39, 0.29) is 5.78 Å². The summed E-state index contributed by atoms with van der Waals surface area (Å²) < 4.78 is 0. The smallest absolute Gasteiger partial charge is 0.187 e. The summed E-state index contributed by atoms with van der Waals surface area (Å²) in [6.45, 7) is 0. The van der Waals surface area contributed by atoms with Crippen LogP contribution in [0.5, 0.6) is 0 Å². The van der Waals surface area contributed by atoms with Crippen molar-refractivity contribution in [2.45, 2.75) is 6.42 Å². The molecule has 1 heterocycles. The van der Waals surface area contributed by atoms with Gasteiger partial charge in [0.2, 0.25) is 0 Å². The fraction of sp³-hybridized carbons (Fsp3) is 0.214. The zero-order valence-electron chi connectivity index (χ0n) is 10.3. The predicted octanol–water partition coefficient (Wildman–Crippen LogP) is 2.12. The molecule has 0 fully saturated rings. The molecule has 0 saturated heterocycles. The molecule has 0 amide bonds. The zero-order valence-corrected chi connectivity index (χ0v) is 10.3. The molecule has 0 N–H and O–H groups in total. The highest BCUT2D eigenvalue weighted by Gasteiger charge is 2.23. The molecule has 90 valence electrons. The van der Waals surface area contributed by atoms with E-state index in [4.69, 9.17) is 0 Å². The van der Waals surface area contributed by atoms with E-state index in [0.29, 0.717) is 17.8 Å². The van der Waals surface area contributed by atoms with Crippen molar-refractivity contribution >= 4 is 22.5 Å². The first-order valence-corrected chi connectivity index (χ1v) is 5.84. The van der Waals surface area contributed by atoms with Crippen molar-refractivity contribution in [2.75, 3.05) is 14.1 Å². The standard InChI is InChI=1S/C14H13N3O/c1-17(2)11-7-8-12(18)14-13(11)15-9-5-3-4-6-10(9)16-14/h3-7H,8H2,1-2H3.